The summed E-state index contributed by atoms with van der Waals surface area (Å²) < 4.78 is 1.84. The number of aromatic nitrogens is 2. The molecular formula is C11H22N4. The molecule has 0 aliphatic rings. The van der Waals surface area contributed by atoms with E-state index in [-0.39, 0.29) is 0 Å². The molecule has 0 radical (unpaired) electrons. The Morgan fingerprint density at radius 2 is 2.27 bits per heavy atom. The normalized spacial score (nSPS) is 13.4. The van der Waals surface area contributed by atoms with Crippen LogP contribution in [0.5, 0.6) is 0 Å². The van der Waals surface area contributed by atoms with E-state index in [2.05, 4.69) is 42.5 Å². The van der Waals surface area contributed by atoms with E-state index in [0.717, 1.165) is 13.1 Å². The third-order valence-corrected chi connectivity index (χ3v) is 2.46. The van der Waals surface area contributed by atoms with Gasteiger partial charge < -0.3 is 10.2 Å². The van der Waals surface area contributed by atoms with Gasteiger partial charge in [0, 0.05) is 24.8 Å². The number of hydrogen-bond donors (Lipinski definition) is 1. The second kappa shape index (κ2) is 5.88. The van der Waals surface area contributed by atoms with Crippen LogP contribution < -0.4 is 5.32 Å². The molecule has 1 aromatic rings. The minimum Gasteiger partial charge on any atom is -0.310 e. The van der Waals surface area contributed by atoms with Crippen molar-refractivity contribution in [3.05, 3.63) is 18.0 Å². The Morgan fingerprint density at radius 1 is 1.53 bits per heavy atom. The largest absolute Gasteiger partial charge is 0.310 e. The van der Waals surface area contributed by atoms with E-state index in [0.29, 0.717) is 6.04 Å². The maximum Gasteiger partial charge on any atom is 0.0537 e. The first kappa shape index (κ1) is 12.2. The summed E-state index contributed by atoms with van der Waals surface area (Å²) in [7, 11) is 6.15. The molecule has 1 rings (SSSR count). The zero-order chi connectivity index (χ0) is 11.3. The van der Waals surface area contributed by atoms with E-state index in [1.54, 1.807) is 0 Å². The summed E-state index contributed by atoms with van der Waals surface area (Å²) in [6.07, 6.45) is 5.16. The van der Waals surface area contributed by atoms with Crippen LogP contribution in [-0.2, 0) is 7.05 Å². The lowest BCUT2D eigenvalue weighted by Crippen LogP contribution is -2.23. The molecule has 0 saturated carbocycles. The fourth-order valence-electron chi connectivity index (χ4n) is 1.50. The van der Waals surface area contributed by atoms with Gasteiger partial charge in [-0.3, -0.25) is 4.68 Å². The summed E-state index contributed by atoms with van der Waals surface area (Å²) in [6.45, 7) is 4.35. The monoisotopic (exact) mass is 210 g/mol. The summed E-state index contributed by atoms with van der Waals surface area (Å²) >= 11 is 0. The van der Waals surface area contributed by atoms with E-state index in [4.69, 9.17) is 0 Å². The van der Waals surface area contributed by atoms with Crippen LogP contribution in [0.2, 0.25) is 0 Å². The van der Waals surface area contributed by atoms with Gasteiger partial charge >= 0.3 is 0 Å². The van der Waals surface area contributed by atoms with Gasteiger partial charge in [-0.15, -0.1) is 0 Å². The Hall–Kier alpha value is -0.870. The van der Waals surface area contributed by atoms with Gasteiger partial charge in [0.05, 0.1) is 6.20 Å². The first-order valence-electron chi connectivity index (χ1n) is 5.46. The number of nitrogens with one attached hydrogen (secondary N) is 1. The molecule has 0 amide bonds. The van der Waals surface area contributed by atoms with Gasteiger partial charge in [-0.25, -0.2) is 0 Å². The van der Waals surface area contributed by atoms with Crippen molar-refractivity contribution in [2.24, 2.45) is 7.05 Å². The van der Waals surface area contributed by atoms with Gasteiger partial charge in [0.25, 0.3) is 0 Å². The highest BCUT2D eigenvalue weighted by atomic mass is 15.2. The van der Waals surface area contributed by atoms with E-state index in [9.17, 15) is 0 Å². The predicted octanol–water partition coefficient (Wildman–Crippen LogP) is 1.02. The van der Waals surface area contributed by atoms with Crippen molar-refractivity contribution in [2.45, 2.75) is 19.4 Å². The Kier molecular flexibility index (Phi) is 4.78. The van der Waals surface area contributed by atoms with Crippen molar-refractivity contribution >= 4 is 0 Å². The molecule has 0 spiro atoms. The topological polar surface area (TPSA) is 33.1 Å². The highest BCUT2D eigenvalue weighted by Gasteiger charge is 2.05. The highest BCUT2D eigenvalue weighted by molar-refractivity contribution is 5.08. The lowest BCUT2D eigenvalue weighted by Gasteiger charge is -2.13. The molecule has 0 unspecified atom stereocenters. The van der Waals surface area contributed by atoms with Gasteiger partial charge in [0.1, 0.15) is 0 Å². The Balaban J connectivity index is 2.21. The predicted molar refractivity (Wildman–Crippen MR) is 62.8 cm³/mol. The van der Waals surface area contributed by atoms with Crippen LogP contribution in [0.25, 0.3) is 0 Å². The van der Waals surface area contributed by atoms with Crippen LogP contribution in [0.3, 0.4) is 0 Å². The molecule has 1 atom stereocenters. The molecule has 0 aromatic carbocycles. The molecule has 15 heavy (non-hydrogen) atoms. The molecule has 0 fully saturated rings. The third-order valence-electron chi connectivity index (χ3n) is 2.46. The maximum absolute atomic E-state index is 4.16. The Labute approximate surface area is 92.3 Å². The number of rotatable bonds is 6. The molecule has 1 N–H and O–H groups in total. The molecule has 0 bridgehead atoms. The molecule has 0 aliphatic carbocycles. The van der Waals surface area contributed by atoms with Crippen LogP contribution >= 0.6 is 0 Å². The maximum atomic E-state index is 4.16. The summed E-state index contributed by atoms with van der Waals surface area (Å²) in [5.41, 5.74) is 1.25. The Morgan fingerprint density at radius 3 is 2.80 bits per heavy atom. The molecule has 1 aromatic heterocycles. The van der Waals surface area contributed by atoms with Crippen LogP contribution in [0.4, 0.5) is 0 Å². The molecule has 4 nitrogen and oxygen atoms in total. The number of aryl methyl sites for hydroxylation is 1. The van der Waals surface area contributed by atoms with Gasteiger partial charge in [-0.1, -0.05) is 0 Å². The van der Waals surface area contributed by atoms with E-state index < -0.39 is 0 Å². The van der Waals surface area contributed by atoms with Crippen molar-refractivity contribution < 1.29 is 0 Å². The fourth-order valence-corrected chi connectivity index (χ4v) is 1.50. The van der Waals surface area contributed by atoms with E-state index in [1.165, 1.54) is 12.0 Å². The zero-order valence-electron chi connectivity index (χ0n) is 10.2. The van der Waals surface area contributed by atoms with E-state index >= 15 is 0 Å². The lowest BCUT2D eigenvalue weighted by molar-refractivity contribution is 0.389. The summed E-state index contributed by atoms with van der Waals surface area (Å²) in [4.78, 5) is 2.20. The summed E-state index contributed by atoms with van der Waals surface area (Å²) in [5, 5.41) is 7.65. The standard InChI is InChI=1S/C11H22N4/c1-10(11-8-13-15(4)9-11)12-6-5-7-14(2)3/h8-10,12H,5-7H2,1-4H3/t10-/m1/s1. The molecule has 4 heteroatoms. The molecule has 1 heterocycles. The van der Waals surface area contributed by atoms with Crippen LogP contribution in [0, 0.1) is 0 Å². The van der Waals surface area contributed by atoms with Crippen molar-refractivity contribution in [1.82, 2.24) is 20.0 Å². The third kappa shape index (κ3) is 4.44. The van der Waals surface area contributed by atoms with Gasteiger partial charge in [0.2, 0.25) is 0 Å². The van der Waals surface area contributed by atoms with Crippen molar-refractivity contribution in [1.29, 1.82) is 0 Å². The SMILES string of the molecule is C[C@@H](NCCCN(C)C)c1cnn(C)c1. The van der Waals surface area contributed by atoms with Gasteiger partial charge in [-0.05, 0) is 40.5 Å². The van der Waals surface area contributed by atoms with Gasteiger partial charge in [0.15, 0.2) is 0 Å². The van der Waals surface area contributed by atoms with Crippen LogP contribution in [-0.4, -0.2) is 41.9 Å². The smallest absolute Gasteiger partial charge is 0.0537 e. The van der Waals surface area contributed by atoms with Gasteiger partial charge in [-0.2, -0.15) is 5.10 Å². The Bertz CT molecular complexity index is 280. The second-order valence-electron chi connectivity index (χ2n) is 4.28. The minimum atomic E-state index is 0.390. The highest BCUT2D eigenvalue weighted by Crippen LogP contribution is 2.09. The first-order valence-corrected chi connectivity index (χ1v) is 5.46. The van der Waals surface area contributed by atoms with E-state index in [1.807, 2.05) is 17.9 Å². The van der Waals surface area contributed by atoms with Crippen molar-refractivity contribution in [3.8, 4) is 0 Å². The summed E-state index contributed by atoms with van der Waals surface area (Å²) in [5.74, 6) is 0. The van der Waals surface area contributed by atoms with Crippen LogP contribution in [0.1, 0.15) is 24.9 Å². The number of nitrogens with zero attached hydrogens (tertiary/aromatic N) is 3. The van der Waals surface area contributed by atoms with Crippen molar-refractivity contribution in [3.63, 3.8) is 0 Å². The molecule has 0 aliphatic heterocycles. The molecule has 0 saturated heterocycles. The zero-order valence-corrected chi connectivity index (χ0v) is 10.2. The average molecular weight is 210 g/mol. The number of hydrogen-bond acceptors (Lipinski definition) is 3. The second-order valence-corrected chi connectivity index (χ2v) is 4.28. The fraction of sp³-hybridized carbons (Fsp3) is 0.727. The molecule has 86 valence electrons. The quantitative estimate of drug-likeness (QED) is 0.712. The van der Waals surface area contributed by atoms with Crippen LogP contribution in [0.15, 0.2) is 12.4 Å². The average Bonchev–Trinajstić information content (AvgIpc) is 2.59. The first-order chi connectivity index (χ1) is 7.09. The molecular weight excluding hydrogens is 188 g/mol. The lowest BCUT2D eigenvalue weighted by atomic mass is 10.2. The van der Waals surface area contributed by atoms with Crippen molar-refractivity contribution in [2.75, 3.05) is 27.2 Å². The minimum absolute atomic E-state index is 0.390. The summed E-state index contributed by atoms with van der Waals surface area (Å²) in [6, 6.07) is 0.390.